The summed E-state index contributed by atoms with van der Waals surface area (Å²) in [6, 6.07) is 0. The van der Waals surface area contributed by atoms with Crippen molar-refractivity contribution in [2.75, 3.05) is 0 Å². The van der Waals surface area contributed by atoms with Crippen molar-refractivity contribution in [1.82, 2.24) is 9.55 Å². The topological polar surface area (TPSA) is 34.9 Å². The van der Waals surface area contributed by atoms with E-state index in [1.54, 1.807) is 30.1 Å². The van der Waals surface area contributed by atoms with Crippen molar-refractivity contribution in [2.45, 2.75) is 6.92 Å². The van der Waals surface area contributed by atoms with Gasteiger partial charge in [-0.05, 0) is 13.0 Å². The van der Waals surface area contributed by atoms with Crippen LogP contribution in [0.25, 0.3) is 0 Å². The van der Waals surface area contributed by atoms with Crippen molar-refractivity contribution in [3.63, 3.8) is 0 Å². The summed E-state index contributed by atoms with van der Waals surface area (Å²) < 4.78 is 1.75. The van der Waals surface area contributed by atoms with Crippen molar-refractivity contribution in [2.24, 2.45) is 7.05 Å². The third-order valence-electron chi connectivity index (χ3n) is 1.28. The number of hydrogen-bond acceptors (Lipinski definition) is 2. The molecule has 11 heavy (non-hydrogen) atoms. The number of carbonyl (C=O) groups is 1. The highest BCUT2D eigenvalue weighted by Crippen LogP contribution is 1.96. The minimum atomic E-state index is -0.0481. The van der Waals surface area contributed by atoms with E-state index in [0.29, 0.717) is 5.69 Å². The van der Waals surface area contributed by atoms with Crippen LogP contribution in [-0.4, -0.2) is 15.3 Å². The van der Waals surface area contributed by atoms with Crippen LogP contribution in [-0.2, 0) is 7.05 Å². The van der Waals surface area contributed by atoms with Crippen LogP contribution in [0.3, 0.4) is 0 Å². The second kappa shape index (κ2) is 3.14. The maximum Gasteiger partial charge on any atom is 0.205 e. The molecular formula is C8H10N2O. The fraction of sp³-hybridized carbons (Fsp3) is 0.250. The Balaban J connectivity index is 2.85. The first-order valence-electron chi connectivity index (χ1n) is 3.39. The zero-order chi connectivity index (χ0) is 8.27. The van der Waals surface area contributed by atoms with E-state index >= 15 is 0 Å². The zero-order valence-corrected chi connectivity index (χ0v) is 6.61. The number of imidazole rings is 1. The van der Waals surface area contributed by atoms with E-state index in [2.05, 4.69) is 4.98 Å². The number of aromatic nitrogens is 2. The molecular weight excluding hydrogens is 140 g/mol. The minimum absolute atomic E-state index is 0.0481. The van der Waals surface area contributed by atoms with Gasteiger partial charge in [0.2, 0.25) is 5.78 Å². The molecule has 1 aromatic rings. The van der Waals surface area contributed by atoms with E-state index in [9.17, 15) is 4.79 Å². The van der Waals surface area contributed by atoms with Gasteiger partial charge in [0.1, 0.15) is 5.69 Å². The van der Waals surface area contributed by atoms with E-state index in [4.69, 9.17) is 0 Å². The molecule has 0 N–H and O–H groups in total. The van der Waals surface area contributed by atoms with Gasteiger partial charge in [0, 0.05) is 13.2 Å². The highest BCUT2D eigenvalue weighted by atomic mass is 16.1. The average molecular weight is 150 g/mol. The molecule has 1 rings (SSSR count). The van der Waals surface area contributed by atoms with E-state index in [1.807, 2.05) is 7.05 Å². The molecule has 3 heteroatoms. The molecule has 0 aliphatic rings. The largest absolute Gasteiger partial charge is 0.340 e. The molecule has 1 aromatic heterocycles. The van der Waals surface area contributed by atoms with Gasteiger partial charge in [0.15, 0.2) is 0 Å². The van der Waals surface area contributed by atoms with E-state index < -0.39 is 0 Å². The molecule has 0 aliphatic carbocycles. The predicted molar refractivity (Wildman–Crippen MR) is 42.4 cm³/mol. The molecule has 3 nitrogen and oxygen atoms in total. The molecule has 0 fully saturated rings. The lowest BCUT2D eigenvalue weighted by molar-refractivity contribution is 0.104. The number of ketones is 1. The van der Waals surface area contributed by atoms with Crippen LogP contribution in [0.5, 0.6) is 0 Å². The van der Waals surface area contributed by atoms with Crippen LogP contribution >= 0.6 is 0 Å². The lowest BCUT2D eigenvalue weighted by Gasteiger charge is -1.84. The highest BCUT2D eigenvalue weighted by Gasteiger charge is 2.02. The fourth-order valence-corrected chi connectivity index (χ4v) is 0.777. The van der Waals surface area contributed by atoms with Crippen molar-refractivity contribution in [1.29, 1.82) is 0 Å². The van der Waals surface area contributed by atoms with Gasteiger partial charge in [-0.2, -0.15) is 0 Å². The summed E-state index contributed by atoms with van der Waals surface area (Å²) in [5, 5.41) is 0. The van der Waals surface area contributed by atoms with Gasteiger partial charge >= 0.3 is 0 Å². The summed E-state index contributed by atoms with van der Waals surface area (Å²) in [4.78, 5) is 15.0. The maximum absolute atomic E-state index is 11.1. The Bertz CT molecular complexity index is 286. The number of rotatable bonds is 2. The van der Waals surface area contributed by atoms with Gasteiger partial charge in [-0.1, -0.05) is 6.08 Å². The SMILES string of the molecule is C/C=C/C(=O)c1cn(C)cn1. The fourth-order valence-electron chi connectivity index (χ4n) is 0.777. The Labute approximate surface area is 65.4 Å². The summed E-state index contributed by atoms with van der Waals surface area (Å²) >= 11 is 0. The number of hydrogen-bond donors (Lipinski definition) is 0. The number of allylic oxidation sites excluding steroid dienone is 2. The Kier molecular flexibility index (Phi) is 2.21. The first kappa shape index (κ1) is 7.72. The second-order valence-corrected chi connectivity index (χ2v) is 2.29. The predicted octanol–water partition coefficient (Wildman–Crippen LogP) is 1.18. The molecule has 0 unspecified atom stereocenters. The summed E-state index contributed by atoms with van der Waals surface area (Å²) in [6.45, 7) is 1.81. The standard InChI is InChI=1S/C8H10N2O/c1-3-4-8(11)7-5-10(2)6-9-7/h3-6H,1-2H3/b4-3+. The van der Waals surface area contributed by atoms with Crippen molar-refractivity contribution < 1.29 is 4.79 Å². The summed E-state index contributed by atoms with van der Waals surface area (Å²) in [5.74, 6) is -0.0481. The quantitative estimate of drug-likeness (QED) is 0.468. The lowest BCUT2D eigenvalue weighted by Crippen LogP contribution is -1.93. The van der Waals surface area contributed by atoms with E-state index in [1.165, 1.54) is 6.08 Å². The van der Waals surface area contributed by atoms with Crippen LogP contribution in [0.2, 0.25) is 0 Å². The first-order chi connectivity index (χ1) is 5.24. The number of aryl methyl sites for hydroxylation is 1. The zero-order valence-electron chi connectivity index (χ0n) is 6.61. The van der Waals surface area contributed by atoms with Crippen LogP contribution in [0.15, 0.2) is 24.7 Å². The van der Waals surface area contributed by atoms with Gasteiger partial charge in [0.05, 0.1) is 6.33 Å². The van der Waals surface area contributed by atoms with Gasteiger partial charge in [-0.25, -0.2) is 4.98 Å². The third kappa shape index (κ3) is 1.77. The Morgan fingerprint density at radius 2 is 2.45 bits per heavy atom. The van der Waals surface area contributed by atoms with Crippen LogP contribution in [0, 0.1) is 0 Å². The van der Waals surface area contributed by atoms with Gasteiger partial charge in [0.25, 0.3) is 0 Å². The Morgan fingerprint density at radius 1 is 1.73 bits per heavy atom. The maximum atomic E-state index is 11.1. The molecule has 1 heterocycles. The van der Waals surface area contributed by atoms with Crippen LogP contribution in [0.1, 0.15) is 17.4 Å². The third-order valence-corrected chi connectivity index (χ3v) is 1.28. The molecule has 0 aliphatic heterocycles. The highest BCUT2D eigenvalue weighted by molar-refractivity contribution is 6.02. The first-order valence-corrected chi connectivity index (χ1v) is 3.39. The monoisotopic (exact) mass is 150 g/mol. The van der Waals surface area contributed by atoms with Gasteiger partial charge < -0.3 is 4.57 Å². The van der Waals surface area contributed by atoms with E-state index in [0.717, 1.165) is 0 Å². The molecule has 0 aromatic carbocycles. The summed E-state index contributed by atoms with van der Waals surface area (Å²) in [5.41, 5.74) is 0.491. The molecule has 0 spiro atoms. The smallest absolute Gasteiger partial charge is 0.205 e. The minimum Gasteiger partial charge on any atom is -0.340 e. The van der Waals surface area contributed by atoms with Crippen molar-refractivity contribution in [3.05, 3.63) is 30.4 Å². The normalized spacial score (nSPS) is 10.7. The molecule has 0 saturated heterocycles. The second-order valence-electron chi connectivity index (χ2n) is 2.29. The van der Waals surface area contributed by atoms with Gasteiger partial charge in [-0.15, -0.1) is 0 Å². The van der Waals surface area contributed by atoms with Gasteiger partial charge in [-0.3, -0.25) is 4.79 Å². The Hall–Kier alpha value is -1.38. The summed E-state index contributed by atoms with van der Waals surface area (Å²) in [7, 11) is 1.83. The number of carbonyl (C=O) groups excluding carboxylic acids is 1. The van der Waals surface area contributed by atoms with Crippen molar-refractivity contribution >= 4 is 5.78 Å². The average Bonchev–Trinajstić information content (AvgIpc) is 2.36. The molecule has 0 radical (unpaired) electrons. The number of nitrogens with zero attached hydrogens (tertiary/aromatic N) is 2. The molecule has 0 amide bonds. The molecule has 58 valence electrons. The summed E-state index contributed by atoms with van der Waals surface area (Å²) in [6.07, 6.45) is 6.51. The molecule has 0 bridgehead atoms. The van der Waals surface area contributed by atoms with Crippen LogP contribution < -0.4 is 0 Å². The van der Waals surface area contributed by atoms with Crippen molar-refractivity contribution in [3.8, 4) is 0 Å². The van der Waals surface area contributed by atoms with E-state index in [-0.39, 0.29) is 5.78 Å². The Morgan fingerprint density at radius 3 is 2.91 bits per heavy atom. The van der Waals surface area contributed by atoms with Crippen LogP contribution in [0.4, 0.5) is 0 Å². The lowest BCUT2D eigenvalue weighted by atomic mass is 10.3. The molecule has 0 atom stereocenters. The molecule has 0 saturated carbocycles.